The van der Waals surface area contributed by atoms with Gasteiger partial charge in [-0.25, -0.2) is 4.39 Å². The second-order valence-corrected chi connectivity index (χ2v) is 8.82. The number of carbonyl (C=O) groups excluding carboxylic acids is 1. The molecule has 1 N–H and O–H groups in total. The summed E-state index contributed by atoms with van der Waals surface area (Å²) in [5, 5.41) is 2.89. The third-order valence-electron chi connectivity index (χ3n) is 4.83. The first-order valence-corrected chi connectivity index (χ1v) is 12.1. The Morgan fingerprint density at radius 2 is 1.63 bits per heavy atom. The molecular weight excluding hydrogens is 403 g/mol. The van der Waals surface area contributed by atoms with E-state index >= 15 is 0 Å². The van der Waals surface area contributed by atoms with E-state index < -0.39 is 10.8 Å². The minimum absolute atomic E-state index is 0.142. The lowest BCUT2D eigenvalue weighted by molar-refractivity contribution is 0.0922. The van der Waals surface area contributed by atoms with Crippen LogP contribution in [-0.4, -0.2) is 41.2 Å². The predicted octanol–water partition coefficient (Wildman–Crippen LogP) is 4.75. The van der Waals surface area contributed by atoms with E-state index in [1.54, 1.807) is 12.1 Å². The van der Waals surface area contributed by atoms with Crippen LogP contribution in [0.1, 0.15) is 62.3 Å². The Hall–Kier alpha value is -1.99. The van der Waals surface area contributed by atoms with Crippen LogP contribution in [0.3, 0.4) is 0 Å². The van der Waals surface area contributed by atoms with Gasteiger partial charge in [-0.15, -0.1) is 0 Å². The molecule has 0 unspecified atom stereocenters. The first-order chi connectivity index (χ1) is 14.5. The van der Waals surface area contributed by atoms with Gasteiger partial charge < -0.3 is 14.6 Å². The van der Waals surface area contributed by atoms with Gasteiger partial charge in [-0.3, -0.25) is 9.00 Å². The van der Waals surface area contributed by atoms with Crippen LogP contribution in [0.5, 0.6) is 0 Å². The normalized spacial score (nSPS) is 12.3. The molecule has 1 atom stereocenters. The fourth-order valence-corrected chi connectivity index (χ4v) is 4.09. The Kier molecular flexibility index (Phi) is 10.8. The summed E-state index contributed by atoms with van der Waals surface area (Å²) in [6.45, 7) is 8.18. The number of furan rings is 1. The molecular formula is C23H33FN2O3S. The van der Waals surface area contributed by atoms with Crippen LogP contribution in [0.25, 0.3) is 0 Å². The molecule has 0 saturated heterocycles. The monoisotopic (exact) mass is 436 g/mol. The minimum Gasteiger partial charge on any atom is -0.455 e. The molecule has 2 rings (SSSR count). The van der Waals surface area contributed by atoms with E-state index in [1.807, 2.05) is 0 Å². The standard InChI is InChI=1S/C23H33FN2O3S/c1-3-5-15-26(16-6-4-2)17-7-14-25-23(27)22-13-10-20(29-22)18-30(28)21-11-8-19(24)9-12-21/h8-13H,3-7,14-18H2,1-2H3,(H,25,27)/t30-/m0/s1. The Morgan fingerprint density at radius 3 is 2.27 bits per heavy atom. The fourth-order valence-electron chi connectivity index (χ4n) is 3.07. The summed E-state index contributed by atoms with van der Waals surface area (Å²) in [5.41, 5.74) is 0. The zero-order chi connectivity index (χ0) is 21.8. The highest BCUT2D eigenvalue weighted by atomic mass is 32.2. The number of halogens is 1. The van der Waals surface area contributed by atoms with Crippen LogP contribution >= 0.6 is 0 Å². The summed E-state index contributed by atoms with van der Waals surface area (Å²) in [4.78, 5) is 15.3. The van der Waals surface area contributed by atoms with Crippen LogP contribution in [0.2, 0.25) is 0 Å². The average molecular weight is 437 g/mol. The van der Waals surface area contributed by atoms with E-state index in [4.69, 9.17) is 4.42 Å². The molecule has 0 aliphatic rings. The summed E-state index contributed by atoms with van der Waals surface area (Å²) in [6.07, 6.45) is 5.66. The summed E-state index contributed by atoms with van der Waals surface area (Å²) in [5.74, 6) is 0.194. The Labute approximate surface area is 181 Å². The number of benzene rings is 1. The predicted molar refractivity (Wildman–Crippen MR) is 118 cm³/mol. The summed E-state index contributed by atoms with van der Waals surface area (Å²) >= 11 is 0. The Bertz CT molecular complexity index is 784. The van der Waals surface area contributed by atoms with Crippen LogP contribution in [0.15, 0.2) is 45.7 Å². The minimum atomic E-state index is -1.36. The van der Waals surface area contributed by atoms with Crippen molar-refractivity contribution in [3.8, 4) is 0 Å². The molecule has 0 aliphatic heterocycles. The number of amides is 1. The quantitative estimate of drug-likeness (QED) is 0.434. The molecule has 7 heteroatoms. The van der Waals surface area contributed by atoms with Crippen molar-refractivity contribution in [2.45, 2.75) is 56.6 Å². The lowest BCUT2D eigenvalue weighted by Crippen LogP contribution is -2.31. The average Bonchev–Trinajstić information content (AvgIpc) is 3.21. The smallest absolute Gasteiger partial charge is 0.286 e. The van der Waals surface area contributed by atoms with Gasteiger partial charge in [0, 0.05) is 11.4 Å². The van der Waals surface area contributed by atoms with Crippen LogP contribution in [-0.2, 0) is 16.6 Å². The van der Waals surface area contributed by atoms with Gasteiger partial charge in [0.05, 0.1) is 16.6 Å². The van der Waals surface area contributed by atoms with Crippen molar-refractivity contribution in [2.24, 2.45) is 0 Å². The molecule has 0 radical (unpaired) electrons. The van der Waals surface area contributed by atoms with Crippen molar-refractivity contribution in [3.63, 3.8) is 0 Å². The molecule has 0 spiro atoms. The number of nitrogens with zero attached hydrogens (tertiary/aromatic N) is 1. The van der Waals surface area contributed by atoms with Gasteiger partial charge in [-0.2, -0.15) is 0 Å². The zero-order valence-corrected chi connectivity index (χ0v) is 18.8. The number of hydrogen-bond donors (Lipinski definition) is 1. The molecule has 30 heavy (non-hydrogen) atoms. The third kappa shape index (κ3) is 8.40. The maximum absolute atomic E-state index is 13.0. The van der Waals surface area contributed by atoms with Gasteiger partial charge in [0.15, 0.2) is 5.76 Å². The maximum atomic E-state index is 13.0. The molecule has 0 bridgehead atoms. The van der Waals surface area contributed by atoms with Gasteiger partial charge in [0.2, 0.25) is 0 Å². The van der Waals surface area contributed by atoms with Gasteiger partial charge in [-0.1, -0.05) is 26.7 Å². The summed E-state index contributed by atoms with van der Waals surface area (Å²) < 4.78 is 30.9. The number of unbranched alkanes of at least 4 members (excludes halogenated alkanes) is 2. The van der Waals surface area contributed by atoms with Crippen LogP contribution in [0, 0.1) is 5.82 Å². The molecule has 0 saturated carbocycles. The third-order valence-corrected chi connectivity index (χ3v) is 6.17. The lowest BCUT2D eigenvalue weighted by Gasteiger charge is -2.21. The van der Waals surface area contributed by atoms with Crippen molar-refractivity contribution in [2.75, 3.05) is 26.2 Å². The van der Waals surface area contributed by atoms with E-state index in [1.165, 1.54) is 49.9 Å². The highest BCUT2D eigenvalue weighted by Gasteiger charge is 2.14. The SMILES string of the molecule is CCCCN(CCCC)CCCNC(=O)c1ccc(C[S@](=O)c2ccc(F)cc2)o1. The first-order valence-electron chi connectivity index (χ1n) is 10.8. The van der Waals surface area contributed by atoms with E-state index in [2.05, 4.69) is 24.1 Å². The van der Waals surface area contributed by atoms with Crippen LogP contribution in [0.4, 0.5) is 4.39 Å². The Balaban J connectivity index is 1.76. The second kappa shape index (κ2) is 13.3. The zero-order valence-electron chi connectivity index (χ0n) is 18.0. The molecule has 2 aromatic rings. The molecule has 1 aromatic carbocycles. The summed E-state index contributed by atoms with van der Waals surface area (Å²) in [6, 6.07) is 8.80. The highest BCUT2D eigenvalue weighted by molar-refractivity contribution is 7.84. The van der Waals surface area contributed by atoms with Gasteiger partial charge in [0.25, 0.3) is 5.91 Å². The van der Waals surface area contributed by atoms with Gasteiger partial charge in [-0.05, 0) is 75.3 Å². The second-order valence-electron chi connectivity index (χ2n) is 7.37. The van der Waals surface area contributed by atoms with Crippen LogP contribution < -0.4 is 5.32 Å². The van der Waals surface area contributed by atoms with E-state index in [0.29, 0.717) is 17.2 Å². The first kappa shape index (κ1) is 24.3. The molecule has 5 nitrogen and oxygen atoms in total. The maximum Gasteiger partial charge on any atom is 0.286 e. The fraction of sp³-hybridized carbons (Fsp3) is 0.522. The van der Waals surface area contributed by atoms with Crippen molar-refractivity contribution in [3.05, 3.63) is 53.7 Å². The Morgan fingerprint density at radius 1 is 1.00 bits per heavy atom. The topological polar surface area (TPSA) is 62.6 Å². The lowest BCUT2D eigenvalue weighted by atomic mass is 10.2. The molecule has 1 amide bonds. The van der Waals surface area contributed by atoms with Crippen molar-refractivity contribution in [1.29, 1.82) is 0 Å². The highest BCUT2D eigenvalue weighted by Crippen LogP contribution is 2.15. The van der Waals surface area contributed by atoms with Crippen molar-refractivity contribution < 1.29 is 17.8 Å². The number of hydrogen-bond acceptors (Lipinski definition) is 4. The number of nitrogens with one attached hydrogen (secondary N) is 1. The largest absolute Gasteiger partial charge is 0.455 e. The summed E-state index contributed by atoms with van der Waals surface area (Å²) in [7, 11) is -1.36. The van der Waals surface area contributed by atoms with E-state index in [-0.39, 0.29) is 23.2 Å². The molecule has 1 heterocycles. The number of carbonyl (C=O) groups is 1. The molecule has 0 fully saturated rings. The van der Waals surface area contributed by atoms with E-state index in [0.717, 1.165) is 26.1 Å². The molecule has 1 aromatic heterocycles. The molecule has 166 valence electrons. The van der Waals surface area contributed by atoms with Gasteiger partial charge in [0.1, 0.15) is 11.6 Å². The van der Waals surface area contributed by atoms with Crippen molar-refractivity contribution >= 4 is 16.7 Å². The number of rotatable bonds is 14. The molecule has 0 aliphatic carbocycles. The van der Waals surface area contributed by atoms with Gasteiger partial charge >= 0.3 is 0 Å². The van der Waals surface area contributed by atoms with E-state index in [9.17, 15) is 13.4 Å². The van der Waals surface area contributed by atoms with Crippen molar-refractivity contribution in [1.82, 2.24) is 10.2 Å².